The van der Waals surface area contributed by atoms with Gasteiger partial charge in [-0.15, -0.1) is 0 Å². The molecule has 0 saturated heterocycles. The lowest BCUT2D eigenvalue weighted by Crippen LogP contribution is -2.57. The Morgan fingerprint density at radius 3 is 2.56 bits per heavy atom. The largest absolute Gasteiger partial charge is 0.496 e. The summed E-state index contributed by atoms with van der Waals surface area (Å²) in [7, 11) is -0.911. The van der Waals surface area contributed by atoms with Crippen LogP contribution in [0.3, 0.4) is 0 Å². The second-order valence-electron chi connectivity index (χ2n) is 15.2. The lowest BCUT2D eigenvalue weighted by atomic mass is 10.1. The summed E-state index contributed by atoms with van der Waals surface area (Å²) in [6, 6.07) is 15.8. The number of aromatic nitrogens is 3. The van der Waals surface area contributed by atoms with E-state index in [2.05, 4.69) is 10.6 Å². The molecule has 3 amide bonds. The van der Waals surface area contributed by atoms with Crippen molar-refractivity contribution in [1.82, 2.24) is 30.3 Å². The van der Waals surface area contributed by atoms with E-state index in [0.29, 0.717) is 60.8 Å². The molecule has 13 nitrogen and oxygen atoms in total. The lowest BCUT2D eigenvalue weighted by molar-refractivity contribution is -0.127. The van der Waals surface area contributed by atoms with Crippen molar-refractivity contribution in [3.8, 4) is 22.9 Å². The van der Waals surface area contributed by atoms with Gasteiger partial charge in [0.25, 0.3) is 5.12 Å². The third-order valence-corrected chi connectivity index (χ3v) is 13.7. The quantitative estimate of drug-likeness (QED) is 0.203. The van der Waals surface area contributed by atoms with E-state index in [4.69, 9.17) is 19.6 Å². The predicted molar refractivity (Wildman–Crippen MR) is 208 cm³/mol. The van der Waals surface area contributed by atoms with Crippen LogP contribution in [0.2, 0.25) is 0 Å². The molecule has 14 heteroatoms. The topological polar surface area (TPSA) is 162 Å². The first-order chi connectivity index (χ1) is 26.3. The molecule has 1 aliphatic heterocycles. The van der Waals surface area contributed by atoms with Gasteiger partial charge in [0, 0.05) is 49.1 Å². The van der Waals surface area contributed by atoms with Crippen molar-refractivity contribution in [1.29, 1.82) is 0 Å². The number of urea groups is 1. The third-order valence-electron chi connectivity index (χ3n) is 11.1. The number of carbonyl (C=O) groups is 3. The molecule has 0 bridgehead atoms. The Morgan fingerprint density at radius 2 is 1.82 bits per heavy atom. The normalized spacial score (nSPS) is 23.2. The number of hydrogen-bond acceptors (Lipinski definition) is 9. The van der Waals surface area contributed by atoms with E-state index in [1.54, 1.807) is 21.1 Å². The van der Waals surface area contributed by atoms with E-state index >= 15 is 0 Å². The van der Waals surface area contributed by atoms with Crippen molar-refractivity contribution >= 4 is 37.8 Å². The molecule has 55 heavy (non-hydrogen) atoms. The van der Waals surface area contributed by atoms with Gasteiger partial charge in [0.05, 0.1) is 36.2 Å². The number of amides is 3. The average Bonchev–Trinajstić information content (AvgIpc) is 4.05. The number of carbonyl (C=O) groups excluding carboxylic acids is 3. The molecule has 3 atom stereocenters. The number of nitrogens with one attached hydrogen (secondary N) is 2. The van der Waals surface area contributed by atoms with Gasteiger partial charge in [-0.1, -0.05) is 42.5 Å². The monoisotopic (exact) mass is 768 g/mol. The van der Waals surface area contributed by atoms with Crippen molar-refractivity contribution in [3.63, 3.8) is 0 Å². The number of hydrogen-bond donors (Lipinski definition) is 2. The fourth-order valence-electron chi connectivity index (χ4n) is 7.16. The van der Waals surface area contributed by atoms with Crippen LogP contribution in [0.15, 0.2) is 72.9 Å². The molecule has 7 rings (SSSR count). The van der Waals surface area contributed by atoms with Crippen LogP contribution in [0, 0.1) is 12.8 Å². The molecule has 2 fully saturated rings. The number of nitrogens with zero attached hydrogens (tertiary/aromatic N) is 4. The van der Waals surface area contributed by atoms with Crippen molar-refractivity contribution in [2.75, 3.05) is 27.3 Å². The number of pyridine rings is 1. The Kier molecular flexibility index (Phi) is 10.5. The van der Waals surface area contributed by atoms with Crippen LogP contribution in [0.5, 0.6) is 11.5 Å². The van der Waals surface area contributed by atoms with E-state index in [1.807, 2.05) is 84.6 Å². The van der Waals surface area contributed by atoms with Gasteiger partial charge in [-0.05, 0) is 76.1 Å². The Labute approximate surface area is 321 Å². The minimum atomic E-state index is -4.17. The molecule has 290 valence electrons. The van der Waals surface area contributed by atoms with Gasteiger partial charge in [0.15, 0.2) is 0 Å². The number of ether oxygens (including phenoxy) is 2. The summed E-state index contributed by atoms with van der Waals surface area (Å²) in [6.45, 7) is 4.57. The highest BCUT2D eigenvalue weighted by atomic mass is 32.2. The van der Waals surface area contributed by atoms with Crippen LogP contribution < -0.4 is 20.1 Å². The first-order valence-electron chi connectivity index (χ1n) is 18.8. The smallest absolute Gasteiger partial charge is 0.317 e. The van der Waals surface area contributed by atoms with Gasteiger partial charge in [-0.25, -0.2) is 18.2 Å². The molecule has 2 saturated carbocycles. The molecule has 0 unspecified atom stereocenters. The molecular weight excluding hydrogens is 721 g/mol. The van der Waals surface area contributed by atoms with E-state index < -0.39 is 49.1 Å². The molecular formula is C41H48N6O7S. The van der Waals surface area contributed by atoms with Crippen molar-refractivity contribution in [2.24, 2.45) is 5.92 Å². The van der Waals surface area contributed by atoms with E-state index in [1.165, 1.54) is 4.90 Å². The summed E-state index contributed by atoms with van der Waals surface area (Å²) in [4.78, 5) is 47.8. The molecule has 2 aromatic carbocycles. The van der Waals surface area contributed by atoms with Crippen molar-refractivity contribution in [2.45, 2.75) is 81.7 Å². The Bertz CT molecular complexity index is 2250. The SMILES string of the molecule is COc1ccc2c(OCC[C@@H]3NC(=O)N(C)CCCC/C=C\[C@@H]4C[C@@]4(C(=O)S(=O)(=O)C4(C)CC4)NC3=O)cc(-c3ccn(Cc4ccccc4)n3)nc2c1C. The second-order valence-corrected chi connectivity index (χ2v) is 17.5. The summed E-state index contributed by atoms with van der Waals surface area (Å²) in [5.74, 6) is 0.0520. The first-order valence-corrected chi connectivity index (χ1v) is 20.3. The molecule has 3 heterocycles. The zero-order chi connectivity index (χ0) is 39.0. The molecule has 2 aliphatic carbocycles. The second kappa shape index (κ2) is 15.1. The van der Waals surface area contributed by atoms with Gasteiger partial charge in [-0.2, -0.15) is 5.10 Å². The summed E-state index contributed by atoms with van der Waals surface area (Å²) in [6.07, 6.45) is 8.95. The van der Waals surface area contributed by atoms with Gasteiger partial charge in [-0.3, -0.25) is 14.3 Å². The highest BCUT2D eigenvalue weighted by Gasteiger charge is 2.67. The van der Waals surface area contributed by atoms with Gasteiger partial charge < -0.3 is 25.0 Å². The molecule has 2 N–H and O–H groups in total. The lowest BCUT2D eigenvalue weighted by Gasteiger charge is -2.26. The Morgan fingerprint density at radius 1 is 1.04 bits per heavy atom. The first kappa shape index (κ1) is 38.1. The maximum absolute atomic E-state index is 14.1. The van der Waals surface area contributed by atoms with Crippen molar-refractivity contribution in [3.05, 3.63) is 84.1 Å². The summed E-state index contributed by atoms with van der Waals surface area (Å²) < 4.78 is 39.7. The zero-order valence-electron chi connectivity index (χ0n) is 31.7. The highest BCUT2D eigenvalue weighted by Crippen LogP contribution is 2.52. The number of sulfone groups is 1. The maximum atomic E-state index is 14.1. The summed E-state index contributed by atoms with van der Waals surface area (Å²) in [5.41, 5.74) is 2.22. The molecule has 2 aromatic heterocycles. The van der Waals surface area contributed by atoms with E-state index in [9.17, 15) is 22.8 Å². The van der Waals surface area contributed by atoms with Gasteiger partial charge in [0.2, 0.25) is 15.7 Å². The van der Waals surface area contributed by atoms with E-state index in [0.717, 1.165) is 29.4 Å². The predicted octanol–water partition coefficient (Wildman–Crippen LogP) is 5.35. The number of rotatable bonds is 10. The van der Waals surface area contributed by atoms with Crippen LogP contribution in [-0.2, 0) is 26.0 Å². The van der Waals surface area contributed by atoms with Crippen LogP contribution in [0.25, 0.3) is 22.3 Å². The van der Waals surface area contributed by atoms with Crippen LogP contribution in [-0.4, -0.2) is 88.8 Å². The van der Waals surface area contributed by atoms with Crippen molar-refractivity contribution < 1.29 is 32.3 Å². The minimum absolute atomic E-state index is 0.00515. The third kappa shape index (κ3) is 7.69. The standard InChI is InChI=1S/C41H48N6O7S/c1-27-34(53-4)16-15-30-35(24-33(42-36(27)30)31-17-22-47(45-31)26-28-12-8-7-9-13-28)54-23-18-32-37(48)44-41(38(49)55(51,52)40(2)19-20-40)25-29(41)14-10-5-6-11-21-46(3)39(50)43-32/h7-10,12-17,22,24,29,32H,5-6,11,18-21,23,25-26H2,1-4H3,(H,43,50)(H,44,48)/b14-10-/t29-,32+,41-/m1/s1. The van der Waals surface area contributed by atoms with E-state index in [-0.39, 0.29) is 19.4 Å². The Hall–Kier alpha value is -5.24. The fraction of sp³-hybridized carbons (Fsp3) is 0.439. The zero-order valence-corrected chi connectivity index (χ0v) is 32.5. The van der Waals surface area contributed by atoms with Gasteiger partial charge in [0.1, 0.15) is 28.8 Å². The molecule has 0 radical (unpaired) electrons. The Balaban J connectivity index is 1.16. The van der Waals surface area contributed by atoms with Gasteiger partial charge >= 0.3 is 6.03 Å². The molecule has 4 aromatic rings. The fourth-order valence-corrected chi connectivity index (χ4v) is 9.01. The molecule has 3 aliphatic rings. The summed E-state index contributed by atoms with van der Waals surface area (Å²) in [5, 5.41) is 10.2. The number of benzene rings is 2. The highest BCUT2D eigenvalue weighted by molar-refractivity contribution is 8.07. The number of methoxy groups -OCH3 is 1. The maximum Gasteiger partial charge on any atom is 0.317 e. The average molecular weight is 769 g/mol. The van der Waals surface area contributed by atoms with Crippen LogP contribution in [0.1, 0.15) is 63.0 Å². The van der Waals surface area contributed by atoms with Crippen LogP contribution >= 0.6 is 0 Å². The summed E-state index contributed by atoms with van der Waals surface area (Å²) >= 11 is 0. The number of allylic oxidation sites excluding steroid dienone is 1. The number of aryl methyl sites for hydroxylation is 1. The van der Waals surface area contributed by atoms with Crippen LogP contribution in [0.4, 0.5) is 4.79 Å². The molecule has 0 spiro atoms. The minimum Gasteiger partial charge on any atom is -0.496 e. The number of fused-ring (bicyclic) bond motifs is 2.